The molecule has 1 aromatic carbocycles. The number of halogens is 2. The number of methoxy groups -OCH3 is 2. The van der Waals surface area contributed by atoms with E-state index in [0.29, 0.717) is 28.1 Å². The Morgan fingerprint density at radius 1 is 1.02 bits per heavy atom. The van der Waals surface area contributed by atoms with Gasteiger partial charge >= 0.3 is 11.4 Å². The van der Waals surface area contributed by atoms with E-state index in [1.165, 1.54) is 47.3 Å². The summed E-state index contributed by atoms with van der Waals surface area (Å²) in [5.74, 6) is -1.39. The number of hydrogen-bond donors (Lipinski definition) is 1. The summed E-state index contributed by atoms with van der Waals surface area (Å²) in [5, 5.41) is 9.66. The average molecular weight is 702 g/mol. The van der Waals surface area contributed by atoms with E-state index in [9.17, 15) is 29.1 Å². The van der Waals surface area contributed by atoms with Crippen molar-refractivity contribution in [1.29, 1.82) is 0 Å². The molecule has 0 bridgehead atoms. The van der Waals surface area contributed by atoms with Gasteiger partial charge in [-0.2, -0.15) is 0 Å². The number of amides is 2. The van der Waals surface area contributed by atoms with Crippen molar-refractivity contribution >= 4 is 46.0 Å². The molecule has 2 fully saturated rings. The lowest BCUT2D eigenvalue weighted by Gasteiger charge is -2.48. The largest absolute Gasteiger partial charge is 0.493 e. The molecule has 4 aromatic rings. The third-order valence-electron chi connectivity index (χ3n) is 9.70. The van der Waals surface area contributed by atoms with Crippen molar-refractivity contribution < 1.29 is 28.6 Å². The molecule has 1 N–H and O–H groups in total. The first-order valence-corrected chi connectivity index (χ1v) is 15.7. The van der Waals surface area contributed by atoms with E-state index < -0.39 is 57.1 Å². The van der Waals surface area contributed by atoms with Crippen LogP contribution in [0.1, 0.15) is 35.6 Å². The summed E-state index contributed by atoms with van der Waals surface area (Å²) in [6, 6.07) is 5.36. The van der Waals surface area contributed by atoms with Crippen molar-refractivity contribution in [2.75, 3.05) is 21.3 Å². The second-order valence-electron chi connectivity index (χ2n) is 12.0. The number of imide groups is 1. The minimum absolute atomic E-state index is 0.0535. The van der Waals surface area contributed by atoms with Crippen molar-refractivity contribution in [3.8, 4) is 11.5 Å². The van der Waals surface area contributed by atoms with Gasteiger partial charge in [-0.3, -0.25) is 19.3 Å². The maximum atomic E-state index is 14.1. The highest BCUT2D eigenvalue weighted by Crippen LogP contribution is 2.63. The fraction of sp³-hybridized carbons (Fsp3) is 0.419. The number of allylic oxidation sites excluding steroid dienone is 2. The van der Waals surface area contributed by atoms with Crippen LogP contribution >= 0.6 is 23.2 Å². The highest BCUT2D eigenvalue weighted by atomic mass is 35.5. The average Bonchev–Trinajstić information content (AvgIpc) is 3.69. The van der Waals surface area contributed by atoms with Crippen molar-refractivity contribution in [3.63, 3.8) is 0 Å². The first kappa shape index (κ1) is 32.0. The van der Waals surface area contributed by atoms with Crippen molar-refractivity contribution in [1.82, 2.24) is 28.4 Å². The number of carbonyl (C=O) groups is 2. The Labute approximate surface area is 281 Å². The number of fused-ring (bicyclic) bond motifs is 5. The van der Waals surface area contributed by atoms with Gasteiger partial charge in [0.15, 0.2) is 21.2 Å². The Kier molecular flexibility index (Phi) is 7.31. The van der Waals surface area contributed by atoms with E-state index in [1.807, 2.05) is 0 Å². The molecule has 17 heteroatoms. The smallest absolute Gasteiger partial charge is 0.347 e. The summed E-state index contributed by atoms with van der Waals surface area (Å²) in [4.78, 5) is 69.5. The van der Waals surface area contributed by atoms with Crippen LogP contribution in [0, 0.1) is 0 Å². The van der Waals surface area contributed by atoms with Gasteiger partial charge in [-0.05, 0) is 17.7 Å². The van der Waals surface area contributed by atoms with Gasteiger partial charge in [0.25, 0.3) is 17.4 Å². The fourth-order valence-electron chi connectivity index (χ4n) is 7.28. The quantitative estimate of drug-likeness (QED) is 0.167. The minimum Gasteiger partial charge on any atom is -0.493 e. The fourth-order valence-corrected chi connectivity index (χ4v) is 8.26. The van der Waals surface area contributed by atoms with Crippen LogP contribution in [0.25, 0.3) is 11.0 Å². The molecule has 4 atom stereocenters. The summed E-state index contributed by atoms with van der Waals surface area (Å²) < 4.78 is 21.4. The number of alkyl halides is 2. The molecule has 3 aliphatic rings. The Morgan fingerprint density at radius 3 is 2.40 bits per heavy atom. The van der Waals surface area contributed by atoms with E-state index in [1.54, 1.807) is 25.3 Å². The van der Waals surface area contributed by atoms with Crippen LogP contribution in [-0.2, 0) is 42.8 Å². The predicted octanol–water partition coefficient (Wildman–Crippen LogP) is 1.03. The van der Waals surface area contributed by atoms with Gasteiger partial charge < -0.3 is 23.6 Å². The molecule has 252 valence electrons. The van der Waals surface area contributed by atoms with Crippen LogP contribution in [0.3, 0.4) is 0 Å². The van der Waals surface area contributed by atoms with Gasteiger partial charge in [0, 0.05) is 45.6 Å². The molecule has 1 aliphatic carbocycles. The molecule has 3 aromatic heterocycles. The van der Waals surface area contributed by atoms with Crippen LogP contribution < -0.4 is 26.4 Å². The van der Waals surface area contributed by atoms with E-state index in [-0.39, 0.29) is 43.1 Å². The van der Waals surface area contributed by atoms with E-state index >= 15 is 0 Å². The third-order valence-corrected chi connectivity index (χ3v) is 11.1. The zero-order chi connectivity index (χ0) is 34.4. The maximum absolute atomic E-state index is 14.1. The number of carbonyl (C=O) groups excluding carboxylic acids is 2. The molecule has 0 unspecified atom stereocenters. The molecule has 5 heterocycles. The zero-order valence-electron chi connectivity index (χ0n) is 26.2. The van der Waals surface area contributed by atoms with Crippen LogP contribution in [0.15, 0.2) is 54.7 Å². The van der Waals surface area contributed by atoms with Gasteiger partial charge in [-0.15, -0.1) is 23.2 Å². The number of nitrogens with zero attached hydrogens (tertiary/aromatic N) is 6. The van der Waals surface area contributed by atoms with Gasteiger partial charge in [-0.1, -0.05) is 6.08 Å². The van der Waals surface area contributed by atoms with Crippen molar-refractivity contribution in [3.05, 3.63) is 84.5 Å². The number of furan rings is 1. The van der Waals surface area contributed by atoms with Gasteiger partial charge in [-0.25, -0.2) is 28.5 Å². The normalized spacial score (nSPS) is 24.8. The Balaban J connectivity index is 1.30. The lowest BCUT2D eigenvalue weighted by Crippen LogP contribution is -2.59. The summed E-state index contributed by atoms with van der Waals surface area (Å²) in [5.41, 5.74) is -0.228. The molecular formula is C31H30Cl2N6O9. The summed E-state index contributed by atoms with van der Waals surface area (Å²) in [7, 11) is 5.83. The number of aliphatic hydroxyl groups is 1. The van der Waals surface area contributed by atoms with E-state index in [0.717, 1.165) is 9.47 Å². The lowest BCUT2D eigenvalue weighted by atomic mass is 9.65. The summed E-state index contributed by atoms with van der Waals surface area (Å²) >= 11 is 14.2. The predicted molar refractivity (Wildman–Crippen MR) is 171 cm³/mol. The number of aryl methyl sites for hydroxylation is 2. The third kappa shape index (κ3) is 4.10. The lowest BCUT2D eigenvalue weighted by molar-refractivity contribution is -0.137. The Hall–Kier alpha value is -4.60. The number of rotatable bonds is 7. The summed E-state index contributed by atoms with van der Waals surface area (Å²) in [6.45, 7) is -0.669. The molecule has 48 heavy (non-hydrogen) atoms. The first-order chi connectivity index (χ1) is 22.8. The highest BCUT2D eigenvalue weighted by Gasteiger charge is 2.75. The maximum Gasteiger partial charge on any atom is 0.347 e. The molecule has 2 amide bonds. The standard InChI is InChI=1S/C31H30Cl2N6O9/c1-35-19-12-23(47-4)22(46-3)11-18(19)34-17(25(35)41)8-9-37-28(44)38-10-7-16-20(39(38)29(37)45)13-30(32)26(42)36(2)27(43)31(30,33)24(16)21-6-5-15(14-40)48-21/h5-7,11-12,20,24,40H,8-10,13-14H2,1-4H3/t20-,24-,30-,31+/m1/s1. The van der Waals surface area contributed by atoms with Crippen LogP contribution in [0.5, 0.6) is 11.5 Å². The summed E-state index contributed by atoms with van der Waals surface area (Å²) in [6.07, 6.45) is 1.35. The molecule has 0 spiro atoms. The Bertz CT molecular complexity index is 2260. The van der Waals surface area contributed by atoms with Crippen LogP contribution in [0.4, 0.5) is 0 Å². The molecular weight excluding hydrogens is 671 g/mol. The molecule has 15 nitrogen and oxygen atoms in total. The Morgan fingerprint density at radius 2 is 1.73 bits per heavy atom. The number of likely N-dealkylation sites (tertiary alicyclic amines) is 1. The van der Waals surface area contributed by atoms with E-state index in [4.69, 9.17) is 37.1 Å². The molecule has 7 rings (SSSR count). The number of aliphatic hydroxyl groups excluding tert-OH is 1. The molecule has 0 radical (unpaired) electrons. The molecule has 1 saturated carbocycles. The first-order valence-electron chi connectivity index (χ1n) is 15.0. The number of ether oxygens (including phenoxy) is 2. The van der Waals surface area contributed by atoms with Gasteiger partial charge in [0.05, 0.1) is 43.8 Å². The topological polar surface area (TPSA) is 173 Å². The van der Waals surface area contributed by atoms with Gasteiger partial charge in [0.1, 0.15) is 23.8 Å². The van der Waals surface area contributed by atoms with E-state index in [2.05, 4.69) is 4.98 Å². The molecule has 1 saturated heterocycles. The SMILES string of the molecule is COc1cc2nc(CCn3c(=O)n4n(c3=O)[C@@H]3C[C@@]5(Cl)C(=O)N(C)C(=O)[C@@]5(Cl)[C@@H](c5ccc(CO)o5)C3=CC4)c(=O)n(C)c2cc1OC. The van der Waals surface area contributed by atoms with Gasteiger partial charge in [0.2, 0.25) is 0 Å². The zero-order valence-corrected chi connectivity index (χ0v) is 27.7. The second-order valence-corrected chi connectivity index (χ2v) is 13.3. The molecule has 2 aliphatic heterocycles. The van der Waals surface area contributed by atoms with Crippen LogP contribution in [0.2, 0.25) is 0 Å². The number of hydrogen-bond acceptors (Lipinski definition) is 10. The van der Waals surface area contributed by atoms with Crippen LogP contribution in [-0.4, -0.2) is 76.3 Å². The van der Waals surface area contributed by atoms with Crippen molar-refractivity contribution in [2.24, 2.45) is 7.05 Å². The number of aromatic nitrogens is 5. The minimum atomic E-state index is -2.02. The number of benzene rings is 1. The second kappa shape index (κ2) is 11.0. The highest BCUT2D eigenvalue weighted by molar-refractivity contribution is 6.53. The van der Waals surface area contributed by atoms with Crippen molar-refractivity contribution in [2.45, 2.75) is 54.2 Å². The monoisotopic (exact) mass is 700 g/mol.